The third-order valence-corrected chi connectivity index (χ3v) is 6.33. The summed E-state index contributed by atoms with van der Waals surface area (Å²) in [5.74, 6) is 2.62. The first kappa shape index (κ1) is 21.9. The van der Waals surface area contributed by atoms with Gasteiger partial charge in [-0.15, -0.1) is 11.8 Å². The van der Waals surface area contributed by atoms with Crippen molar-refractivity contribution >= 4 is 17.7 Å². The van der Waals surface area contributed by atoms with E-state index in [-0.39, 0.29) is 5.91 Å². The number of hydrogen-bond acceptors (Lipinski definition) is 6. The molecule has 1 aromatic carbocycles. The minimum atomic E-state index is 0.156. The van der Waals surface area contributed by atoms with Crippen LogP contribution in [0.3, 0.4) is 0 Å². The molecule has 0 saturated carbocycles. The van der Waals surface area contributed by atoms with Gasteiger partial charge in [-0.1, -0.05) is 23.4 Å². The summed E-state index contributed by atoms with van der Waals surface area (Å²) in [5, 5.41) is 10.8. The quantitative estimate of drug-likeness (QED) is 0.581. The van der Waals surface area contributed by atoms with Gasteiger partial charge in [0.05, 0.1) is 11.4 Å². The summed E-state index contributed by atoms with van der Waals surface area (Å²) in [6.07, 6.45) is 2.47. The number of aromatic nitrogens is 1. The van der Waals surface area contributed by atoms with Gasteiger partial charge in [-0.3, -0.25) is 4.79 Å². The van der Waals surface area contributed by atoms with Crippen LogP contribution >= 0.6 is 11.8 Å². The molecule has 29 heavy (non-hydrogen) atoms. The van der Waals surface area contributed by atoms with Gasteiger partial charge in [-0.25, -0.2) is 0 Å². The Hall–Kier alpha value is -1.83. The maximum atomic E-state index is 12.3. The van der Waals surface area contributed by atoms with Crippen LogP contribution in [-0.4, -0.2) is 56.2 Å². The van der Waals surface area contributed by atoms with Crippen molar-refractivity contribution in [1.29, 1.82) is 0 Å². The second-order valence-corrected chi connectivity index (χ2v) is 9.01. The lowest BCUT2D eigenvalue weighted by Gasteiger charge is -2.31. The van der Waals surface area contributed by atoms with Crippen molar-refractivity contribution < 1.29 is 9.32 Å². The molecule has 1 amide bonds. The summed E-state index contributed by atoms with van der Waals surface area (Å²) in [7, 11) is 4.03. The first-order valence-electron chi connectivity index (χ1n) is 10.3. The van der Waals surface area contributed by atoms with Gasteiger partial charge >= 0.3 is 0 Å². The number of thioether (sulfide) groups is 1. The fourth-order valence-corrected chi connectivity index (χ4v) is 4.47. The molecule has 1 aliphatic rings. The first-order valence-corrected chi connectivity index (χ1v) is 11.3. The van der Waals surface area contributed by atoms with Crippen molar-refractivity contribution in [3.8, 4) is 0 Å². The van der Waals surface area contributed by atoms with E-state index in [4.69, 9.17) is 4.52 Å². The molecule has 0 radical (unpaired) electrons. The Morgan fingerprint density at radius 1 is 1.31 bits per heavy atom. The van der Waals surface area contributed by atoms with Crippen LogP contribution in [0.15, 0.2) is 45.8 Å². The number of carbonyl (C=O) groups excluding carboxylic acids is 1. The Morgan fingerprint density at radius 3 is 2.93 bits per heavy atom. The van der Waals surface area contributed by atoms with Crippen LogP contribution < -0.4 is 10.6 Å². The second kappa shape index (κ2) is 11.4. The van der Waals surface area contributed by atoms with Gasteiger partial charge in [0.2, 0.25) is 5.91 Å². The molecular formula is C22H32N4O2S. The monoisotopic (exact) mass is 416 g/mol. The molecule has 7 heteroatoms. The largest absolute Gasteiger partial charge is 0.360 e. The average molecular weight is 417 g/mol. The van der Waals surface area contributed by atoms with E-state index in [0.29, 0.717) is 24.8 Å². The molecule has 158 valence electrons. The van der Waals surface area contributed by atoms with Gasteiger partial charge in [0.25, 0.3) is 0 Å². The molecule has 0 bridgehead atoms. The summed E-state index contributed by atoms with van der Waals surface area (Å²) in [6, 6.07) is 12.4. The molecule has 1 aliphatic heterocycles. The van der Waals surface area contributed by atoms with E-state index in [2.05, 4.69) is 38.9 Å². The predicted octanol–water partition coefficient (Wildman–Crippen LogP) is 2.80. The molecule has 2 heterocycles. The molecule has 2 atom stereocenters. The number of amides is 1. The van der Waals surface area contributed by atoms with Crippen molar-refractivity contribution in [2.75, 3.05) is 40.3 Å². The number of benzene rings is 1. The highest BCUT2D eigenvalue weighted by atomic mass is 32.2. The van der Waals surface area contributed by atoms with Crippen molar-refractivity contribution in [1.82, 2.24) is 20.7 Å². The minimum absolute atomic E-state index is 0.156. The lowest BCUT2D eigenvalue weighted by Crippen LogP contribution is -2.41. The molecule has 1 saturated heterocycles. The van der Waals surface area contributed by atoms with Crippen LogP contribution in [0.5, 0.6) is 0 Å². The van der Waals surface area contributed by atoms with E-state index in [1.807, 2.05) is 32.3 Å². The predicted molar refractivity (Wildman–Crippen MR) is 117 cm³/mol. The van der Waals surface area contributed by atoms with Gasteiger partial charge in [0, 0.05) is 30.5 Å². The van der Waals surface area contributed by atoms with Gasteiger partial charge in [0.15, 0.2) is 0 Å². The number of piperidine rings is 1. The number of nitrogens with zero attached hydrogens (tertiary/aromatic N) is 2. The zero-order valence-corrected chi connectivity index (χ0v) is 18.2. The van der Waals surface area contributed by atoms with Crippen molar-refractivity contribution in [2.45, 2.75) is 29.9 Å². The topological polar surface area (TPSA) is 70.4 Å². The molecule has 6 nitrogen and oxygen atoms in total. The van der Waals surface area contributed by atoms with Crippen LogP contribution in [0.4, 0.5) is 0 Å². The summed E-state index contributed by atoms with van der Waals surface area (Å²) >= 11 is 1.75. The van der Waals surface area contributed by atoms with Crippen molar-refractivity contribution in [3.63, 3.8) is 0 Å². The van der Waals surface area contributed by atoms with Crippen LogP contribution in [0.25, 0.3) is 0 Å². The zero-order valence-electron chi connectivity index (χ0n) is 17.4. The smallest absolute Gasteiger partial charge is 0.220 e. The van der Waals surface area contributed by atoms with E-state index in [1.54, 1.807) is 11.8 Å². The SMILES string of the molecule is CN(C)CCNC(=O)C[C@H]1CCNC[C@@H]1Cc1cc(CSc2ccccc2)on1. The fourth-order valence-electron chi connectivity index (χ4n) is 3.67. The molecule has 0 unspecified atom stereocenters. The Bertz CT molecular complexity index is 750. The van der Waals surface area contributed by atoms with Crippen molar-refractivity contribution in [2.24, 2.45) is 11.8 Å². The first-order chi connectivity index (χ1) is 14.1. The average Bonchev–Trinajstić information content (AvgIpc) is 3.16. The lowest BCUT2D eigenvalue weighted by atomic mass is 9.81. The maximum absolute atomic E-state index is 12.3. The Labute approximate surface area is 177 Å². The van der Waals surface area contributed by atoms with Crippen LogP contribution in [0.2, 0.25) is 0 Å². The molecular weight excluding hydrogens is 384 g/mol. The van der Waals surface area contributed by atoms with Crippen LogP contribution in [0.1, 0.15) is 24.3 Å². The molecule has 2 N–H and O–H groups in total. The van der Waals surface area contributed by atoms with E-state index in [1.165, 1.54) is 4.90 Å². The molecule has 0 spiro atoms. The summed E-state index contributed by atoms with van der Waals surface area (Å²) in [6.45, 7) is 3.47. The number of likely N-dealkylation sites (N-methyl/N-ethyl adjacent to an activating group) is 1. The summed E-state index contributed by atoms with van der Waals surface area (Å²) in [4.78, 5) is 15.6. The summed E-state index contributed by atoms with van der Waals surface area (Å²) in [5.41, 5.74) is 0.986. The minimum Gasteiger partial charge on any atom is -0.360 e. The van der Waals surface area contributed by atoms with Crippen molar-refractivity contribution in [3.05, 3.63) is 47.9 Å². The Kier molecular flexibility index (Phi) is 8.58. The van der Waals surface area contributed by atoms with E-state index in [0.717, 1.165) is 49.7 Å². The number of carbonyl (C=O) groups is 1. The number of nitrogens with one attached hydrogen (secondary N) is 2. The van der Waals surface area contributed by atoms with Gasteiger partial charge < -0.3 is 20.1 Å². The third kappa shape index (κ3) is 7.49. The Morgan fingerprint density at radius 2 is 2.14 bits per heavy atom. The molecule has 1 aromatic heterocycles. The number of hydrogen-bond donors (Lipinski definition) is 2. The van der Waals surface area contributed by atoms with Gasteiger partial charge in [0.1, 0.15) is 5.76 Å². The highest BCUT2D eigenvalue weighted by Gasteiger charge is 2.28. The molecule has 0 aliphatic carbocycles. The maximum Gasteiger partial charge on any atom is 0.220 e. The standard InChI is InChI=1S/C22H32N4O2S/c1-26(2)11-10-24-22(27)13-17-8-9-23-15-18(17)12-19-14-20(28-25-19)16-29-21-6-4-3-5-7-21/h3-7,14,17-18,23H,8-13,15-16H2,1-2H3,(H,24,27)/t17-,18+/m1/s1. The normalized spacial score (nSPS) is 19.4. The number of rotatable bonds is 10. The molecule has 1 fully saturated rings. The van der Waals surface area contributed by atoms with E-state index < -0.39 is 0 Å². The van der Waals surface area contributed by atoms with E-state index in [9.17, 15) is 4.79 Å². The lowest BCUT2D eigenvalue weighted by molar-refractivity contribution is -0.122. The zero-order chi connectivity index (χ0) is 20.5. The van der Waals surface area contributed by atoms with Gasteiger partial charge in [-0.2, -0.15) is 0 Å². The fraction of sp³-hybridized carbons (Fsp3) is 0.545. The highest BCUT2D eigenvalue weighted by Crippen LogP contribution is 2.27. The third-order valence-electron chi connectivity index (χ3n) is 5.30. The Balaban J connectivity index is 1.48. The molecule has 3 rings (SSSR count). The second-order valence-electron chi connectivity index (χ2n) is 7.96. The molecule has 2 aromatic rings. The highest BCUT2D eigenvalue weighted by molar-refractivity contribution is 7.98. The van der Waals surface area contributed by atoms with Crippen LogP contribution in [0, 0.1) is 11.8 Å². The van der Waals surface area contributed by atoms with Crippen LogP contribution in [-0.2, 0) is 17.0 Å². The summed E-state index contributed by atoms with van der Waals surface area (Å²) < 4.78 is 5.54. The van der Waals surface area contributed by atoms with E-state index >= 15 is 0 Å². The van der Waals surface area contributed by atoms with Gasteiger partial charge in [-0.05, 0) is 64.0 Å².